The highest BCUT2D eigenvalue weighted by Crippen LogP contribution is 2.31. The minimum Gasteiger partial charge on any atom is -0.347 e. The molecule has 2 fully saturated rings. The lowest BCUT2D eigenvalue weighted by Gasteiger charge is -2.37. The average Bonchev–Trinajstić information content (AvgIpc) is 3.27. The molecule has 2 aromatic heterocycles. The Morgan fingerprint density at radius 2 is 2.00 bits per heavy atom. The zero-order chi connectivity index (χ0) is 15.7. The number of ether oxygens (including phenoxy) is 2. The molecule has 0 radical (unpaired) electrons. The van der Waals surface area contributed by atoms with Gasteiger partial charge in [-0.1, -0.05) is 0 Å². The molecule has 23 heavy (non-hydrogen) atoms. The maximum Gasteiger partial charge on any atom is 0.257 e. The van der Waals surface area contributed by atoms with Crippen LogP contribution in [0.2, 0.25) is 0 Å². The van der Waals surface area contributed by atoms with Gasteiger partial charge >= 0.3 is 0 Å². The van der Waals surface area contributed by atoms with E-state index >= 15 is 0 Å². The minimum atomic E-state index is -0.486. The molecule has 1 spiro atoms. The smallest absolute Gasteiger partial charge is 0.257 e. The number of hydrogen-bond donors (Lipinski definition) is 0. The Morgan fingerprint density at radius 3 is 2.70 bits per heavy atom. The van der Waals surface area contributed by atoms with Gasteiger partial charge in [-0.2, -0.15) is 5.10 Å². The SMILES string of the molecule is O=C(c1cccnc1-n1cncn1)N1CCC2(CC1)OCCO2. The van der Waals surface area contributed by atoms with Crippen LogP contribution in [0, 0.1) is 0 Å². The van der Waals surface area contributed by atoms with E-state index in [0.717, 1.165) is 0 Å². The standard InChI is InChI=1S/C15H17N5O3/c21-14(19-6-3-15(4-7-19)22-8-9-23-15)12-2-1-5-17-13(12)20-11-16-10-18-20/h1-2,5,10-11H,3-4,6-9H2. The van der Waals surface area contributed by atoms with Crippen molar-refractivity contribution in [3.8, 4) is 5.82 Å². The zero-order valence-corrected chi connectivity index (χ0v) is 12.6. The molecule has 8 nitrogen and oxygen atoms in total. The van der Waals surface area contributed by atoms with Gasteiger partial charge in [0.15, 0.2) is 11.6 Å². The maximum absolute atomic E-state index is 12.9. The summed E-state index contributed by atoms with van der Waals surface area (Å²) < 4.78 is 12.9. The molecule has 0 bridgehead atoms. The highest BCUT2D eigenvalue weighted by atomic mass is 16.7. The number of amides is 1. The van der Waals surface area contributed by atoms with Crippen LogP contribution < -0.4 is 0 Å². The fraction of sp³-hybridized carbons (Fsp3) is 0.467. The fourth-order valence-corrected chi connectivity index (χ4v) is 3.07. The molecule has 2 saturated heterocycles. The summed E-state index contributed by atoms with van der Waals surface area (Å²) in [4.78, 5) is 22.9. The van der Waals surface area contributed by atoms with Crippen LogP contribution in [0.4, 0.5) is 0 Å². The van der Waals surface area contributed by atoms with Crippen molar-refractivity contribution in [2.75, 3.05) is 26.3 Å². The Labute approximate surface area is 133 Å². The number of piperidine rings is 1. The molecule has 1 amide bonds. The summed E-state index contributed by atoms with van der Waals surface area (Å²) in [5.41, 5.74) is 0.516. The molecule has 4 heterocycles. The Hall–Kier alpha value is -2.32. The third-order valence-electron chi connectivity index (χ3n) is 4.28. The van der Waals surface area contributed by atoms with Crippen molar-refractivity contribution in [2.24, 2.45) is 0 Å². The largest absolute Gasteiger partial charge is 0.347 e. The van der Waals surface area contributed by atoms with Crippen molar-refractivity contribution in [3.05, 3.63) is 36.5 Å². The van der Waals surface area contributed by atoms with Crippen molar-refractivity contribution < 1.29 is 14.3 Å². The van der Waals surface area contributed by atoms with Gasteiger partial charge in [-0.15, -0.1) is 0 Å². The van der Waals surface area contributed by atoms with Crippen molar-refractivity contribution in [1.82, 2.24) is 24.6 Å². The van der Waals surface area contributed by atoms with Gasteiger partial charge < -0.3 is 14.4 Å². The second kappa shape index (κ2) is 5.71. The molecule has 4 rings (SSSR count). The monoisotopic (exact) mass is 315 g/mol. The van der Waals surface area contributed by atoms with Crippen molar-refractivity contribution in [3.63, 3.8) is 0 Å². The first kappa shape index (κ1) is 14.3. The number of carbonyl (C=O) groups excluding carboxylic acids is 1. The lowest BCUT2D eigenvalue weighted by Crippen LogP contribution is -2.47. The Bertz CT molecular complexity index is 687. The van der Waals surface area contributed by atoms with Crippen LogP contribution in [-0.4, -0.2) is 62.6 Å². The molecule has 0 N–H and O–H groups in total. The molecule has 120 valence electrons. The van der Waals surface area contributed by atoms with E-state index < -0.39 is 5.79 Å². The maximum atomic E-state index is 12.9. The second-order valence-electron chi connectivity index (χ2n) is 5.61. The van der Waals surface area contributed by atoms with Crippen LogP contribution in [-0.2, 0) is 9.47 Å². The number of nitrogens with zero attached hydrogens (tertiary/aromatic N) is 5. The van der Waals surface area contributed by atoms with E-state index in [0.29, 0.717) is 50.5 Å². The minimum absolute atomic E-state index is 0.0588. The highest BCUT2D eigenvalue weighted by Gasteiger charge is 2.41. The van der Waals surface area contributed by atoms with Crippen molar-refractivity contribution in [2.45, 2.75) is 18.6 Å². The van der Waals surface area contributed by atoms with E-state index in [1.54, 1.807) is 18.3 Å². The van der Waals surface area contributed by atoms with Crippen LogP contribution >= 0.6 is 0 Å². The molecule has 0 saturated carbocycles. The number of pyridine rings is 1. The van der Waals surface area contributed by atoms with Crippen LogP contribution in [0.1, 0.15) is 23.2 Å². The third-order valence-corrected chi connectivity index (χ3v) is 4.28. The summed E-state index contributed by atoms with van der Waals surface area (Å²) in [6.45, 7) is 2.47. The van der Waals surface area contributed by atoms with E-state index in [9.17, 15) is 4.79 Å². The predicted molar refractivity (Wildman–Crippen MR) is 78.9 cm³/mol. The quantitative estimate of drug-likeness (QED) is 0.809. The van der Waals surface area contributed by atoms with Gasteiger partial charge in [-0.05, 0) is 12.1 Å². The topological polar surface area (TPSA) is 82.4 Å². The van der Waals surface area contributed by atoms with E-state index in [1.165, 1.54) is 17.3 Å². The van der Waals surface area contributed by atoms with E-state index in [4.69, 9.17) is 9.47 Å². The molecular weight excluding hydrogens is 298 g/mol. The average molecular weight is 315 g/mol. The van der Waals surface area contributed by atoms with Gasteiger partial charge in [-0.25, -0.2) is 14.6 Å². The Morgan fingerprint density at radius 1 is 1.22 bits per heavy atom. The van der Waals surface area contributed by atoms with Crippen molar-refractivity contribution in [1.29, 1.82) is 0 Å². The van der Waals surface area contributed by atoms with E-state index in [-0.39, 0.29) is 5.91 Å². The van der Waals surface area contributed by atoms with Gasteiger partial charge in [0.1, 0.15) is 12.7 Å². The van der Waals surface area contributed by atoms with Crippen LogP contribution in [0.15, 0.2) is 31.0 Å². The third kappa shape index (κ3) is 2.60. The zero-order valence-electron chi connectivity index (χ0n) is 12.6. The molecule has 8 heteroatoms. The lowest BCUT2D eigenvalue weighted by atomic mass is 10.0. The Kier molecular flexibility index (Phi) is 3.55. The predicted octanol–water partition coefficient (Wildman–Crippen LogP) is 0.641. The van der Waals surface area contributed by atoms with Gasteiger partial charge in [0.2, 0.25) is 0 Å². The van der Waals surface area contributed by atoms with Gasteiger partial charge in [0, 0.05) is 32.1 Å². The summed E-state index contributed by atoms with van der Waals surface area (Å²) in [6, 6.07) is 3.52. The molecule has 2 aliphatic rings. The van der Waals surface area contributed by atoms with Crippen LogP contribution in [0.5, 0.6) is 0 Å². The highest BCUT2D eigenvalue weighted by molar-refractivity contribution is 5.97. The van der Waals surface area contributed by atoms with E-state index in [1.807, 2.05) is 4.90 Å². The molecule has 0 atom stereocenters. The van der Waals surface area contributed by atoms with Crippen LogP contribution in [0.3, 0.4) is 0 Å². The summed E-state index contributed by atoms with van der Waals surface area (Å²) in [5, 5.41) is 4.06. The van der Waals surface area contributed by atoms with Gasteiger partial charge in [0.05, 0.1) is 18.8 Å². The first-order valence-corrected chi connectivity index (χ1v) is 7.65. The van der Waals surface area contributed by atoms with Gasteiger partial charge in [-0.3, -0.25) is 4.79 Å². The summed E-state index contributed by atoms with van der Waals surface area (Å²) in [5.74, 6) is -0.0550. The van der Waals surface area contributed by atoms with Crippen molar-refractivity contribution >= 4 is 5.91 Å². The number of aromatic nitrogens is 4. The number of hydrogen-bond acceptors (Lipinski definition) is 6. The second-order valence-corrected chi connectivity index (χ2v) is 5.61. The summed E-state index contributed by atoms with van der Waals surface area (Å²) in [6.07, 6.45) is 5.97. The lowest BCUT2D eigenvalue weighted by molar-refractivity contribution is -0.181. The molecule has 0 unspecified atom stereocenters. The number of likely N-dealkylation sites (tertiary alicyclic amines) is 1. The fourth-order valence-electron chi connectivity index (χ4n) is 3.07. The molecule has 2 aromatic rings. The Balaban J connectivity index is 1.54. The van der Waals surface area contributed by atoms with Crippen LogP contribution in [0.25, 0.3) is 5.82 Å². The number of carbonyl (C=O) groups is 1. The van der Waals surface area contributed by atoms with Gasteiger partial charge in [0.25, 0.3) is 5.91 Å². The molecule has 0 aliphatic carbocycles. The number of rotatable bonds is 2. The molecule has 2 aliphatic heterocycles. The first-order valence-electron chi connectivity index (χ1n) is 7.65. The first-order chi connectivity index (χ1) is 11.3. The molecular formula is C15H17N5O3. The summed E-state index contributed by atoms with van der Waals surface area (Å²) >= 11 is 0. The van der Waals surface area contributed by atoms with E-state index in [2.05, 4.69) is 15.1 Å². The molecule has 0 aromatic carbocycles. The normalized spacial score (nSPS) is 20.1. The summed E-state index contributed by atoms with van der Waals surface area (Å²) in [7, 11) is 0.